The van der Waals surface area contributed by atoms with Crippen LogP contribution in [0.3, 0.4) is 0 Å². The fourth-order valence-corrected chi connectivity index (χ4v) is 3.46. The minimum Gasteiger partial charge on any atom is -0.479 e. The average molecular weight is 421 g/mol. The van der Waals surface area contributed by atoms with Crippen LogP contribution in [0.5, 0.6) is 0 Å². The maximum Gasteiger partial charge on any atom is 0.336 e. The Morgan fingerprint density at radius 2 is 1.93 bits per heavy atom. The molecule has 3 N–H and O–H groups in total. The van der Waals surface area contributed by atoms with Crippen molar-refractivity contribution in [3.05, 3.63) is 35.5 Å². The summed E-state index contributed by atoms with van der Waals surface area (Å²) in [5, 5.41) is 16.1. The van der Waals surface area contributed by atoms with E-state index in [2.05, 4.69) is 15.6 Å². The summed E-state index contributed by atoms with van der Waals surface area (Å²) in [7, 11) is 0. The average Bonchev–Trinajstić information content (AvgIpc) is 3.34. The fourth-order valence-electron chi connectivity index (χ4n) is 2.73. The van der Waals surface area contributed by atoms with Gasteiger partial charge in [0.1, 0.15) is 11.9 Å². The number of aromatic nitrogens is 1. The first kappa shape index (κ1) is 20.9. The Kier molecular flexibility index (Phi) is 6.23. The molecule has 8 nitrogen and oxygen atoms in total. The van der Waals surface area contributed by atoms with E-state index in [-0.39, 0.29) is 11.7 Å². The Morgan fingerprint density at radius 1 is 1.24 bits per heavy atom. The molecule has 3 atom stereocenters. The second-order valence-corrected chi connectivity index (χ2v) is 7.90. The van der Waals surface area contributed by atoms with Gasteiger partial charge in [0.15, 0.2) is 17.3 Å². The molecule has 1 aliphatic heterocycles. The second kappa shape index (κ2) is 8.66. The molecule has 2 heterocycles. The summed E-state index contributed by atoms with van der Waals surface area (Å²) in [6, 6.07) is 4.97. The minimum absolute atomic E-state index is 0.104. The van der Waals surface area contributed by atoms with Crippen LogP contribution in [0.4, 0.5) is 9.52 Å². The van der Waals surface area contributed by atoms with Crippen LogP contribution in [0.25, 0.3) is 11.3 Å². The summed E-state index contributed by atoms with van der Waals surface area (Å²) in [5.74, 6) is -2.56. The summed E-state index contributed by atoms with van der Waals surface area (Å²) in [6.45, 7) is 3.80. The highest BCUT2D eigenvalue weighted by Crippen LogP contribution is 2.26. The van der Waals surface area contributed by atoms with Crippen molar-refractivity contribution in [2.45, 2.75) is 38.5 Å². The highest BCUT2D eigenvalue weighted by molar-refractivity contribution is 7.14. The van der Waals surface area contributed by atoms with Crippen LogP contribution in [0, 0.1) is 11.7 Å². The highest BCUT2D eigenvalue weighted by Gasteiger charge is 2.51. The van der Waals surface area contributed by atoms with Crippen molar-refractivity contribution in [1.82, 2.24) is 10.3 Å². The normalized spacial score (nSPS) is 18.9. The number of carbonyl (C=O) groups excluding carboxylic acids is 2. The number of hydrogen-bond acceptors (Lipinski definition) is 6. The zero-order valence-electron chi connectivity index (χ0n) is 15.7. The molecule has 1 fully saturated rings. The van der Waals surface area contributed by atoms with Gasteiger partial charge in [-0.1, -0.05) is 13.8 Å². The summed E-state index contributed by atoms with van der Waals surface area (Å²) in [6.07, 6.45) is -1.90. The number of nitrogens with one attached hydrogen (secondary N) is 2. The van der Waals surface area contributed by atoms with Gasteiger partial charge < -0.3 is 20.5 Å². The van der Waals surface area contributed by atoms with Gasteiger partial charge in [-0.2, -0.15) is 0 Å². The zero-order valence-corrected chi connectivity index (χ0v) is 16.5. The number of anilines is 1. The maximum absolute atomic E-state index is 13.1. The smallest absolute Gasteiger partial charge is 0.336 e. The third-order valence-electron chi connectivity index (χ3n) is 4.21. The number of amides is 2. The summed E-state index contributed by atoms with van der Waals surface area (Å²) in [5.41, 5.74) is 1.30. The standard InChI is InChI=1S/C19H20FN3O5S/c1-9(2)7-12(21-17(25)14-15(28-14)18(26)27)16(24)23-19-22-13(8-29-19)10-3-5-11(20)6-4-10/h3-6,8-9,12,14-15H,7H2,1-2H3,(H,21,25)(H,26,27)(H,22,23,24)/t12-,14+,15+/m0/s1. The van der Waals surface area contributed by atoms with E-state index in [1.807, 2.05) is 13.8 Å². The van der Waals surface area contributed by atoms with Crippen LogP contribution in [0.1, 0.15) is 20.3 Å². The molecule has 2 aromatic rings. The Morgan fingerprint density at radius 3 is 2.52 bits per heavy atom. The topological polar surface area (TPSA) is 121 Å². The summed E-state index contributed by atoms with van der Waals surface area (Å²) in [4.78, 5) is 40.0. The first-order valence-corrected chi connectivity index (χ1v) is 9.83. The second-order valence-electron chi connectivity index (χ2n) is 7.04. The molecule has 0 aliphatic carbocycles. The molecule has 1 aliphatic rings. The molecule has 1 aromatic heterocycles. The van der Waals surface area contributed by atoms with E-state index in [0.717, 1.165) is 0 Å². The highest BCUT2D eigenvalue weighted by atomic mass is 32.1. The van der Waals surface area contributed by atoms with E-state index in [4.69, 9.17) is 9.84 Å². The monoisotopic (exact) mass is 421 g/mol. The van der Waals surface area contributed by atoms with Gasteiger partial charge >= 0.3 is 5.97 Å². The number of rotatable bonds is 8. The van der Waals surface area contributed by atoms with Crippen molar-refractivity contribution in [2.75, 3.05) is 5.32 Å². The van der Waals surface area contributed by atoms with E-state index in [0.29, 0.717) is 22.8 Å². The molecule has 0 unspecified atom stereocenters. The fraction of sp³-hybridized carbons (Fsp3) is 0.368. The number of carboxylic acids is 1. The predicted octanol–water partition coefficient (Wildman–Crippen LogP) is 2.27. The number of thiazole rings is 1. The Hall–Kier alpha value is -2.85. The summed E-state index contributed by atoms with van der Waals surface area (Å²) >= 11 is 1.20. The third kappa shape index (κ3) is 5.36. The zero-order chi connectivity index (χ0) is 21.1. The number of aliphatic carboxylic acids is 1. The molecule has 154 valence electrons. The molecule has 10 heteroatoms. The van der Waals surface area contributed by atoms with Gasteiger partial charge in [-0.25, -0.2) is 14.2 Å². The van der Waals surface area contributed by atoms with Gasteiger partial charge in [0.2, 0.25) is 5.91 Å². The first-order chi connectivity index (χ1) is 13.7. The lowest BCUT2D eigenvalue weighted by molar-refractivity contribution is -0.138. The van der Waals surface area contributed by atoms with Crippen molar-refractivity contribution in [3.63, 3.8) is 0 Å². The van der Waals surface area contributed by atoms with Crippen LogP contribution < -0.4 is 10.6 Å². The van der Waals surface area contributed by atoms with Gasteiger partial charge in [0, 0.05) is 10.9 Å². The molecule has 1 saturated heterocycles. The van der Waals surface area contributed by atoms with Crippen molar-refractivity contribution in [1.29, 1.82) is 0 Å². The molecule has 29 heavy (non-hydrogen) atoms. The lowest BCUT2D eigenvalue weighted by Crippen LogP contribution is -2.46. The molecule has 2 amide bonds. The molecule has 0 spiro atoms. The lowest BCUT2D eigenvalue weighted by atomic mass is 10.0. The number of carbonyl (C=O) groups is 3. The van der Waals surface area contributed by atoms with Crippen LogP contribution in [0.2, 0.25) is 0 Å². The van der Waals surface area contributed by atoms with E-state index in [9.17, 15) is 18.8 Å². The van der Waals surface area contributed by atoms with E-state index >= 15 is 0 Å². The Bertz CT molecular complexity index is 915. The number of benzene rings is 1. The van der Waals surface area contributed by atoms with Gasteiger partial charge in [0.25, 0.3) is 5.91 Å². The van der Waals surface area contributed by atoms with Crippen LogP contribution in [0.15, 0.2) is 29.6 Å². The minimum atomic E-state index is -1.22. The van der Waals surface area contributed by atoms with Gasteiger partial charge in [-0.15, -0.1) is 11.3 Å². The van der Waals surface area contributed by atoms with E-state index in [1.54, 1.807) is 17.5 Å². The van der Waals surface area contributed by atoms with Crippen molar-refractivity contribution in [2.24, 2.45) is 5.92 Å². The largest absolute Gasteiger partial charge is 0.479 e. The van der Waals surface area contributed by atoms with Gasteiger partial charge in [-0.3, -0.25) is 9.59 Å². The van der Waals surface area contributed by atoms with E-state index < -0.39 is 36.0 Å². The van der Waals surface area contributed by atoms with Crippen LogP contribution >= 0.6 is 11.3 Å². The lowest BCUT2D eigenvalue weighted by Gasteiger charge is -2.19. The SMILES string of the molecule is CC(C)C[C@H](NC(=O)[C@@H]1O[C@H]1C(=O)O)C(=O)Nc1nc(-c2ccc(F)cc2)cs1. The van der Waals surface area contributed by atoms with Gasteiger partial charge in [0.05, 0.1) is 5.69 Å². The molecule has 0 radical (unpaired) electrons. The number of epoxide rings is 1. The number of ether oxygens (including phenoxy) is 1. The quantitative estimate of drug-likeness (QED) is 0.562. The first-order valence-electron chi connectivity index (χ1n) is 8.95. The third-order valence-corrected chi connectivity index (χ3v) is 4.97. The van der Waals surface area contributed by atoms with E-state index in [1.165, 1.54) is 23.5 Å². The molecular weight excluding hydrogens is 401 g/mol. The predicted molar refractivity (Wildman–Crippen MR) is 104 cm³/mol. The number of hydrogen-bond donors (Lipinski definition) is 3. The van der Waals surface area contributed by atoms with Crippen LogP contribution in [-0.2, 0) is 19.1 Å². The van der Waals surface area contributed by atoms with Crippen molar-refractivity contribution < 1.29 is 28.6 Å². The molecular formula is C19H20FN3O5S. The van der Waals surface area contributed by atoms with Gasteiger partial charge in [-0.05, 0) is 36.6 Å². The molecule has 0 bridgehead atoms. The van der Waals surface area contributed by atoms with Crippen molar-refractivity contribution >= 4 is 34.3 Å². The Balaban J connectivity index is 1.65. The van der Waals surface area contributed by atoms with Crippen molar-refractivity contribution in [3.8, 4) is 11.3 Å². The maximum atomic E-state index is 13.1. The summed E-state index contributed by atoms with van der Waals surface area (Å²) < 4.78 is 17.9. The van der Waals surface area contributed by atoms with Crippen LogP contribution in [-0.4, -0.2) is 46.1 Å². The number of carboxylic acid groups (broad SMARTS) is 1. The Labute approximate surface area is 170 Å². The number of nitrogens with zero attached hydrogens (tertiary/aromatic N) is 1. The molecule has 0 saturated carbocycles. The molecule has 3 rings (SSSR count). The number of halogens is 1. The molecule has 1 aromatic carbocycles.